The van der Waals surface area contributed by atoms with Gasteiger partial charge < -0.3 is 4.98 Å². The van der Waals surface area contributed by atoms with Crippen molar-refractivity contribution in [2.45, 2.75) is 0 Å². The van der Waals surface area contributed by atoms with Crippen molar-refractivity contribution < 1.29 is 0 Å². The molecular formula is C9H5BrClNO. The number of H-pyrrole nitrogens is 1. The summed E-state index contributed by atoms with van der Waals surface area (Å²) in [6, 6.07) is 7.26. The van der Waals surface area contributed by atoms with Gasteiger partial charge in [0.25, 0.3) is 5.56 Å². The van der Waals surface area contributed by atoms with Gasteiger partial charge in [-0.3, -0.25) is 4.79 Å². The SMILES string of the molecule is O=c1[nH]c(Cl)cc2cccc(Br)c12. The van der Waals surface area contributed by atoms with Crippen LogP contribution >= 0.6 is 27.5 Å². The first-order valence-corrected chi connectivity index (χ1v) is 4.82. The fourth-order valence-electron chi connectivity index (χ4n) is 1.24. The first-order chi connectivity index (χ1) is 6.18. The van der Waals surface area contributed by atoms with E-state index in [1.807, 2.05) is 18.2 Å². The highest BCUT2D eigenvalue weighted by molar-refractivity contribution is 9.10. The molecule has 0 radical (unpaired) electrons. The van der Waals surface area contributed by atoms with Gasteiger partial charge in [0.15, 0.2) is 0 Å². The summed E-state index contributed by atoms with van der Waals surface area (Å²) < 4.78 is 0.780. The van der Waals surface area contributed by atoms with E-state index in [0.29, 0.717) is 10.5 Å². The molecule has 0 aliphatic heterocycles. The average molecular weight is 259 g/mol. The zero-order chi connectivity index (χ0) is 9.42. The zero-order valence-electron chi connectivity index (χ0n) is 6.47. The molecular weight excluding hydrogens is 253 g/mol. The summed E-state index contributed by atoms with van der Waals surface area (Å²) in [6.45, 7) is 0. The Morgan fingerprint density at radius 1 is 1.38 bits per heavy atom. The van der Waals surface area contributed by atoms with Crippen LogP contribution < -0.4 is 5.56 Å². The third kappa shape index (κ3) is 1.49. The molecule has 1 aromatic carbocycles. The van der Waals surface area contributed by atoms with Crippen LogP contribution in [-0.4, -0.2) is 4.98 Å². The number of aromatic amines is 1. The smallest absolute Gasteiger partial charge is 0.258 e. The molecule has 13 heavy (non-hydrogen) atoms. The summed E-state index contributed by atoms with van der Waals surface area (Å²) in [5.74, 6) is 0. The maximum atomic E-state index is 11.5. The topological polar surface area (TPSA) is 32.9 Å². The molecule has 0 aliphatic rings. The average Bonchev–Trinajstić information content (AvgIpc) is 2.02. The summed E-state index contributed by atoms with van der Waals surface area (Å²) in [5, 5.41) is 1.82. The lowest BCUT2D eigenvalue weighted by atomic mass is 10.2. The molecule has 66 valence electrons. The van der Waals surface area contributed by atoms with E-state index in [1.165, 1.54) is 0 Å². The molecule has 2 nitrogen and oxygen atoms in total. The van der Waals surface area contributed by atoms with Gasteiger partial charge in [-0.15, -0.1) is 0 Å². The van der Waals surface area contributed by atoms with E-state index in [9.17, 15) is 4.79 Å². The third-order valence-corrected chi connectivity index (χ3v) is 2.65. The molecule has 0 spiro atoms. The molecule has 1 N–H and O–H groups in total. The molecule has 2 rings (SSSR count). The van der Waals surface area contributed by atoms with Crippen LogP contribution in [0.25, 0.3) is 10.8 Å². The van der Waals surface area contributed by atoms with Crippen molar-refractivity contribution in [2.75, 3.05) is 0 Å². The summed E-state index contributed by atoms with van der Waals surface area (Å²) in [6.07, 6.45) is 0. The van der Waals surface area contributed by atoms with Gasteiger partial charge in [0.2, 0.25) is 0 Å². The first-order valence-electron chi connectivity index (χ1n) is 3.65. The predicted octanol–water partition coefficient (Wildman–Crippen LogP) is 2.94. The van der Waals surface area contributed by atoms with E-state index in [2.05, 4.69) is 20.9 Å². The normalized spacial score (nSPS) is 10.6. The first kappa shape index (κ1) is 8.78. The number of hydrogen-bond acceptors (Lipinski definition) is 1. The van der Waals surface area contributed by atoms with Gasteiger partial charge in [-0.05, 0) is 33.4 Å². The van der Waals surface area contributed by atoms with Gasteiger partial charge >= 0.3 is 0 Å². The number of fused-ring (bicyclic) bond motifs is 1. The number of rotatable bonds is 0. The van der Waals surface area contributed by atoms with Gasteiger partial charge in [-0.1, -0.05) is 23.7 Å². The zero-order valence-corrected chi connectivity index (χ0v) is 8.82. The fraction of sp³-hybridized carbons (Fsp3) is 0. The highest BCUT2D eigenvalue weighted by Gasteiger charge is 2.03. The van der Waals surface area contributed by atoms with Gasteiger partial charge in [-0.25, -0.2) is 0 Å². The van der Waals surface area contributed by atoms with E-state index in [-0.39, 0.29) is 5.56 Å². The monoisotopic (exact) mass is 257 g/mol. The highest BCUT2D eigenvalue weighted by Crippen LogP contribution is 2.21. The van der Waals surface area contributed by atoms with Crippen molar-refractivity contribution in [2.24, 2.45) is 0 Å². The van der Waals surface area contributed by atoms with Crippen LogP contribution in [0.2, 0.25) is 5.15 Å². The van der Waals surface area contributed by atoms with Crippen LogP contribution in [0.3, 0.4) is 0 Å². The molecule has 0 amide bonds. The molecule has 0 unspecified atom stereocenters. The lowest BCUT2D eigenvalue weighted by Gasteiger charge is -1.99. The molecule has 2 aromatic rings. The maximum absolute atomic E-state index is 11.5. The molecule has 0 fully saturated rings. The Balaban J connectivity index is 3.03. The lowest BCUT2D eigenvalue weighted by molar-refractivity contribution is 1.27. The Bertz CT molecular complexity index is 520. The van der Waals surface area contributed by atoms with E-state index >= 15 is 0 Å². The Labute approximate surface area is 87.7 Å². The second-order valence-corrected chi connectivity index (χ2v) is 3.91. The molecule has 1 aromatic heterocycles. The van der Waals surface area contributed by atoms with E-state index in [4.69, 9.17) is 11.6 Å². The van der Waals surface area contributed by atoms with Gasteiger partial charge in [0.05, 0.1) is 5.39 Å². The Morgan fingerprint density at radius 3 is 2.92 bits per heavy atom. The van der Waals surface area contributed by atoms with Crippen LogP contribution in [0, 0.1) is 0 Å². The third-order valence-electron chi connectivity index (χ3n) is 1.79. The fourth-order valence-corrected chi connectivity index (χ4v) is 2.01. The minimum atomic E-state index is -0.171. The number of halogens is 2. The Hall–Kier alpha value is -0.800. The Morgan fingerprint density at radius 2 is 2.15 bits per heavy atom. The summed E-state index contributed by atoms with van der Waals surface area (Å²) >= 11 is 9.01. The van der Waals surface area contributed by atoms with Gasteiger partial charge in [0.1, 0.15) is 5.15 Å². The molecule has 4 heteroatoms. The van der Waals surface area contributed by atoms with Crippen molar-refractivity contribution in [3.63, 3.8) is 0 Å². The van der Waals surface area contributed by atoms with Crippen LogP contribution in [0.15, 0.2) is 33.5 Å². The number of hydrogen-bond donors (Lipinski definition) is 1. The van der Waals surface area contributed by atoms with E-state index in [1.54, 1.807) is 6.07 Å². The van der Waals surface area contributed by atoms with Gasteiger partial charge in [0, 0.05) is 4.47 Å². The van der Waals surface area contributed by atoms with Gasteiger partial charge in [-0.2, -0.15) is 0 Å². The quantitative estimate of drug-likeness (QED) is 0.724. The second-order valence-electron chi connectivity index (χ2n) is 2.65. The standard InChI is InChI=1S/C9H5BrClNO/c10-6-3-1-2-5-4-7(11)12-9(13)8(5)6/h1-4H,(H,12,13). The minimum absolute atomic E-state index is 0.171. The largest absolute Gasteiger partial charge is 0.312 e. The van der Waals surface area contributed by atoms with E-state index < -0.39 is 0 Å². The summed E-state index contributed by atoms with van der Waals surface area (Å²) in [4.78, 5) is 14.0. The second kappa shape index (κ2) is 3.16. The molecule has 0 saturated heterocycles. The minimum Gasteiger partial charge on any atom is -0.312 e. The predicted molar refractivity (Wildman–Crippen MR) is 57.3 cm³/mol. The van der Waals surface area contributed by atoms with Crippen LogP contribution in [0.5, 0.6) is 0 Å². The van der Waals surface area contributed by atoms with Crippen molar-refractivity contribution in [1.82, 2.24) is 4.98 Å². The van der Waals surface area contributed by atoms with Crippen LogP contribution in [0.1, 0.15) is 0 Å². The summed E-state index contributed by atoms with van der Waals surface area (Å²) in [5.41, 5.74) is -0.171. The van der Waals surface area contributed by atoms with Crippen molar-refractivity contribution >= 4 is 38.3 Å². The number of nitrogens with one attached hydrogen (secondary N) is 1. The van der Waals surface area contributed by atoms with Crippen molar-refractivity contribution in [1.29, 1.82) is 0 Å². The van der Waals surface area contributed by atoms with Crippen molar-refractivity contribution in [3.8, 4) is 0 Å². The Kier molecular flexibility index (Phi) is 2.14. The highest BCUT2D eigenvalue weighted by atomic mass is 79.9. The lowest BCUT2D eigenvalue weighted by Crippen LogP contribution is -2.06. The molecule has 0 saturated carbocycles. The molecule has 0 atom stereocenters. The molecule has 0 bridgehead atoms. The van der Waals surface area contributed by atoms with Crippen LogP contribution in [-0.2, 0) is 0 Å². The van der Waals surface area contributed by atoms with E-state index in [0.717, 1.165) is 9.86 Å². The number of aromatic nitrogens is 1. The summed E-state index contributed by atoms with van der Waals surface area (Å²) in [7, 11) is 0. The molecule has 0 aliphatic carbocycles. The van der Waals surface area contributed by atoms with Crippen LogP contribution in [0.4, 0.5) is 0 Å². The number of pyridine rings is 1. The number of benzene rings is 1. The molecule has 1 heterocycles. The van der Waals surface area contributed by atoms with Crippen molar-refractivity contribution in [3.05, 3.63) is 44.2 Å². The maximum Gasteiger partial charge on any atom is 0.258 e.